The van der Waals surface area contributed by atoms with E-state index in [1.165, 1.54) is 12.1 Å². The van der Waals surface area contributed by atoms with Crippen molar-refractivity contribution in [2.45, 2.75) is 26.9 Å². The van der Waals surface area contributed by atoms with Gasteiger partial charge in [-0.1, -0.05) is 6.07 Å². The zero-order chi connectivity index (χ0) is 20.8. The van der Waals surface area contributed by atoms with E-state index < -0.39 is 11.6 Å². The molecule has 150 valence electrons. The lowest BCUT2D eigenvalue weighted by molar-refractivity contribution is 0.0954. The van der Waals surface area contributed by atoms with Crippen LogP contribution in [0, 0.1) is 25.5 Å². The lowest BCUT2D eigenvalue weighted by Gasteiger charge is -2.14. The molecule has 0 bridgehead atoms. The van der Waals surface area contributed by atoms with Gasteiger partial charge in [0.2, 0.25) is 0 Å². The number of aryl methyl sites for hydroxylation is 2. The predicted molar refractivity (Wildman–Crippen MR) is 107 cm³/mol. The summed E-state index contributed by atoms with van der Waals surface area (Å²) in [6, 6.07) is 10.7. The van der Waals surface area contributed by atoms with Gasteiger partial charge < -0.3 is 10.1 Å². The highest BCUT2D eigenvalue weighted by Crippen LogP contribution is 2.25. The summed E-state index contributed by atoms with van der Waals surface area (Å²) in [4.78, 5) is 16.5. The first-order valence-corrected chi connectivity index (χ1v) is 9.28. The van der Waals surface area contributed by atoms with Crippen molar-refractivity contribution in [1.82, 2.24) is 10.3 Å². The van der Waals surface area contributed by atoms with Crippen LogP contribution in [-0.4, -0.2) is 17.4 Å². The minimum atomic E-state index is -0.626. The number of benzene rings is 2. The lowest BCUT2D eigenvalue weighted by Crippen LogP contribution is -2.26. The van der Waals surface area contributed by atoms with E-state index in [1.54, 1.807) is 24.5 Å². The second-order valence-electron chi connectivity index (χ2n) is 6.87. The second-order valence-corrected chi connectivity index (χ2v) is 6.87. The van der Waals surface area contributed by atoms with Crippen molar-refractivity contribution in [2.75, 3.05) is 6.54 Å². The first-order valence-electron chi connectivity index (χ1n) is 9.28. The van der Waals surface area contributed by atoms with Crippen LogP contribution in [0.1, 0.15) is 32.6 Å². The number of carbonyl (C=O) groups is 1. The summed E-state index contributed by atoms with van der Waals surface area (Å²) in [6.07, 6.45) is 3.79. The first kappa shape index (κ1) is 20.5. The lowest BCUT2D eigenvalue weighted by atomic mass is 10.0. The summed E-state index contributed by atoms with van der Waals surface area (Å²) in [6.45, 7) is 4.44. The van der Waals surface area contributed by atoms with E-state index in [9.17, 15) is 13.6 Å². The molecule has 0 saturated carbocycles. The van der Waals surface area contributed by atoms with E-state index in [4.69, 9.17) is 4.74 Å². The number of amides is 1. The number of nitrogens with one attached hydrogen (secondary N) is 1. The Hall–Kier alpha value is -3.28. The Kier molecular flexibility index (Phi) is 6.54. The molecular formula is C23H22F2N2O2. The number of hydrogen-bond donors (Lipinski definition) is 1. The molecule has 2 aromatic carbocycles. The molecule has 1 heterocycles. The third kappa shape index (κ3) is 5.60. The number of carbonyl (C=O) groups excluding carboxylic acids is 1. The topological polar surface area (TPSA) is 51.2 Å². The molecule has 1 N–H and O–H groups in total. The van der Waals surface area contributed by atoms with E-state index in [0.29, 0.717) is 24.2 Å². The fraction of sp³-hybridized carbons (Fsp3) is 0.217. The molecule has 3 aromatic rings. The van der Waals surface area contributed by atoms with Gasteiger partial charge in [-0.15, -0.1) is 0 Å². The summed E-state index contributed by atoms with van der Waals surface area (Å²) < 4.78 is 32.4. The number of rotatable bonds is 7. The highest BCUT2D eigenvalue weighted by Gasteiger charge is 2.12. The Labute approximate surface area is 168 Å². The Morgan fingerprint density at radius 3 is 2.34 bits per heavy atom. The van der Waals surface area contributed by atoms with Crippen molar-refractivity contribution in [3.63, 3.8) is 0 Å². The monoisotopic (exact) mass is 396 g/mol. The van der Waals surface area contributed by atoms with Gasteiger partial charge in [0.15, 0.2) is 0 Å². The highest BCUT2D eigenvalue weighted by atomic mass is 19.1. The van der Waals surface area contributed by atoms with Gasteiger partial charge >= 0.3 is 0 Å². The van der Waals surface area contributed by atoms with Crippen LogP contribution in [0.3, 0.4) is 0 Å². The van der Waals surface area contributed by atoms with Crippen molar-refractivity contribution in [1.29, 1.82) is 0 Å². The Balaban J connectivity index is 1.60. The van der Waals surface area contributed by atoms with Crippen molar-refractivity contribution in [3.05, 3.63) is 94.3 Å². The summed E-state index contributed by atoms with van der Waals surface area (Å²) in [5.41, 5.74) is 3.67. The molecular weight excluding hydrogens is 374 g/mol. The summed E-state index contributed by atoms with van der Waals surface area (Å²) in [5, 5.41) is 2.79. The van der Waals surface area contributed by atoms with Crippen molar-refractivity contribution in [2.24, 2.45) is 0 Å². The Bertz CT molecular complexity index is 964. The fourth-order valence-corrected chi connectivity index (χ4v) is 3.13. The van der Waals surface area contributed by atoms with E-state index >= 15 is 0 Å². The largest absolute Gasteiger partial charge is 0.488 e. The highest BCUT2D eigenvalue weighted by molar-refractivity contribution is 5.94. The SMILES string of the molecule is Cc1cc(C(=O)NCCc2cc(F)cc(F)c2)cc(C)c1OCc1cccnc1. The molecule has 0 spiro atoms. The molecule has 0 atom stereocenters. The zero-order valence-electron chi connectivity index (χ0n) is 16.3. The minimum Gasteiger partial charge on any atom is -0.488 e. The third-order valence-corrected chi connectivity index (χ3v) is 4.45. The normalized spacial score (nSPS) is 10.6. The van der Waals surface area contributed by atoms with Gasteiger partial charge in [-0.3, -0.25) is 9.78 Å². The van der Waals surface area contributed by atoms with E-state index in [-0.39, 0.29) is 12.5 Å². The average molecular weight is 396 g/mol. The van der Waals surface area contributed by atoms with E-state index in [0.717, 1.165) is 28.5 Å². The number of pyridine rings is 1. The molecule has 6 heteroatoms. The molecule has 0 aliphatic heterocycles. The quantitative estimate of drug-likeness (QED) is 0.639. The molecule has 0 aliphatic rings. The molecule has 1 aromatic heterocycles. The maximum Gasteiger partial charge on any atom is 0.251 e. The molecule has 0 unspecified atom stereocenters. The summed E-state index contributed by atoms with van der Waals surface area (Å²) >= 11 is 0. The fourth-order valence-electron chi connectivity index (χ4n) is 3.13. The third-order valence-electron chi connectivity index (χ3n) is 4.45. The van der Waals surface area contributed by atoms with Gasteiger partial charge in [0.25, 0.3) is 5.91 Å². The molecule has 4 nitrogen and oxygen atoms in total. The number of ether oxygens (including phenoxy) is 1. The average Bonchev–Trinajstić information content (AvgIpc) is 2.67. The van der Waals surface area contributed by atoms with Crippen LogP contribution in [0.25, 0.3) is 0 Å². The van der Waals surface area contributed by atoms with E-state index in [2.05, 4.69) is 10.3 Å². The van der Waals surface area contributed by atoms with Crippen LogP contribution in [0.15, 0.2) is 54.9 Å². The number of hydrogen-bond acceptors (Lipinski definition) is 3. The zero-order valence-corrected chi connectivity index (χ0v) is 16.3. The summed E-state index contributed by atoms with van der Waals surface area (Å²) in [7, 11) is 0. The summed E-state index contributed by atoms with van der Waals surface area (Å²) in [5.74, 6) is -0.758. The standard InChI is InChI=1S/C23H22F2N2O2/c1-15-8-19(9-16(2)22(15)29-14-18-4-3-6-26-13-18)23(28)27-7-5-17-10-20(24)12-21(25)11-17/h3-4,6,8-13H,5,7,14H2,1-2H3,(H,27,28). The molecule has 0 radical (unpaired) electrons. The van der Waals surface area contributed by atoms with Crippen LogP contribution in [-0.2, 0) is 13.0 Å². The molecule has 0 aliphatic carbocycles. The van der Waals surface area contributed by atoms with Gasteiger partial charge in [-0.05, 0) is 67.3 Å². The smallest absolute Gasteiger partial charge is 0.251 e. The van der Waals surface area contributed by atoms with Crippen molar-refractivity contribution in [3.8, 4) is 5.75 Å². The Morgan fingerprint density at radius 1 is 1.03 bits per heavy atom. The number of nitrogens with zero attached hydrogens (tertiary/aromatic N) is 1. The van der Waals surface area contributed by atoms with Gasteiger partial charge in [0.05, 0.1) is 0 Å². The molecule has 29 heavy (non-hydrogen) atoms. The van der Waals surface area contributed by atoms with Gasteiger partial charge in [0, 0.05) is 36.1 Å². The van der Waals surface area contributed by atoms with E-state index in [1.807, 2.05) is 26.0 Å². The molecule has 1 amide bonds. The molecule has 3 rings (SSSR count). The minimum absolute atomic E-state index is 0.244. The maximum atomic E-state index is 13.2. The Morgan fingerprint density at radius 2 is 1.72 bits per heavy atom. The first-order chi connectivity index (χ1) is 13.9. The number of halogens is 2. The number of aromatic nitrogens is 1. The van der Waals surface area contributed by atoms with Crippen LogP contribution >= 0.6 is 0 Å². The van der Waals surface area contributed by atoms with Crippen LogP contribution in [0.4, 0.5) is 8.78 Å². The van der Waals surface area contributed by atoms with Gasteiger partial charge in [-0.25, -0.2) is 8.78 Å². The predicted octanol–water partition coefficient (Wildman–Crippen LogP) is 4.53. The maximum absolute atomic E-state index is 13.2. The molecule has 0 fully saturated rings. The van der Waals surface area contributed by atoms with Gasteiger partial charge in [-0.2, -0.15) is 0 Å². The van der Waals surface area contributed by atoms with Crippen LogP contribution in [0.5, 0.6) is 5.75 Å². The van der Waals surface area contributed by atoms with Gasteiger partial charge in [0.1, 0.15) is 24.0 Å². The second kappa shape index (κ2) is 9.28. The van der Waals surface area contributed by atoms with Crippen molar-refractivity contribution < 1.29 is 18.3 Å². The van der Waals surface area contributed by atoms with Crippen molar-refractivity contribution >= 4 is 5.91 Å². The van der Waals surface area contributed by atoms with Crippen LogP contribution in [0.2, 0.25) is 0 Å². The van der Waals surface area contributed by atoms with Crippen LogP contribution < -0.4 is 10.1 Å². The molecule has 0 saturated heterocycles.